The molecule has 5 aromatic rings. The van der Waals surface area contributed by atoms with E-state index in [2.05, 4.69) is 35.0 Å². The van der Waals surface area contributed by atoms with Crippen molar-refractivity contribution in [3.63, 3.8) is 0 Å². The third kappa shape index (κ3) is 9.91. The molecule has 0 saturated heterocycles. The van der Waals surface area contributed by atoms with Crippen LogP contribution >= 0.6 is 0 Å². The fraction of sp³-hybridized carbons (Fsp3) is 0.196. The number of hydrogen-bond donors (Lipinski definition) is 0. The Hall–Kier alpha value is -7.50. The molecule has 3 heterocycles. The van der Waals surface area contributed by atoms with Crippen LogP contribution in [-0.4, -0.2) is 53.5 Å². The van der Waals surface area contributed by atoms with Crippen molar-refractivity contribution in [1.29, 1.82) is 0 Å². The Labute approximate surface area is 339 Å². The maximum atomic E-state index is 11.4. The second-order valence-electron chi connectivity index (χ2n) is 13.6. The maximum Gasteiger partial charge on any atom is 0.373 e. The van der Waals surface area contributed by atoms with Gasteiger partial charge in [-0.15, -0.1) is 0 Å². The van der Waals surface area contributed by atoms with E-state index in [1.165, 1.54) is 0 Å². The average Bonchev–Trinajstić information content (AvgIpc) is 3.77. The molecular weight excluding hydrogens is 760 g/mol. The first-order valence-corrected chi connectivity index (χ1v) is 17.3. The molecule has 0 spiro atoms. The van der Waals surface area contributed by atoms with Gasteiger partial charge in [0.1, 0.15) is 0 Å². The summed E-state index contributed by atoms with van der Waals surface area (Å²) in [5, 5.41) is 1.58. The number of cyclic esters (lactones) is 6. The number of carbonyl (C=O) groups excluding carboxylic acids is 10. The lowest BCUT2D eigenvalue weighted by molar-refractivity contribution is -0.191. The molecule has 0 saturated carbocycles. The monoisotopic (exact) mass is 800 g/mol. The van der Waals surface area contributed by atoms with Crippen LogP contribution in [0.3, 0.4) is 0 Å². The van der Waals surface area contributed by atoms with E-state index in [9.17, 15) is 38.4 Å². The van der Waals surface area contributed by atoms with Crippen molar-refractivity contribution in [3.8, 4) is 0 Å². The van der Waals surface area contributed by atoms with Crippen LogP contribution < -0.4 is 0 Å². The quantitative estimate of drug-likeness (QED) is 0.0895. The molecule has 0 unspecified atom stereocenters. The molecule has 0 amide bonds. The van der Waals surface area contributed by atoms with Gasteiger partial charge >= 0.3 is 42.0 Å². The topological polar surface area (TPSA) is 198 Å². The molecule has 13 heteroatoms. The van der Waals surface area contributed by atoms with Crippen LogP contribution in [0.4, 0.5) is 0 Å². The minimum atomic E-state index is -0.565. The summed E-state index contributed by atoms with van der Waals surface area (Å²) in [4.78, 5) is 106. The highest BCUT2D eigenvalue weighted by atomic mass is 16.6. The Balaban J connectivity index is 0.000000204. The van der Waals surface area contributed by atoms with Crippen LogP contribution in [0.25, 0.3) is 10.8 Å². The van der Waals surface area contributed by atoms with Gasteiger partial charge in [0.25, 0.3) is 0 Å². The maximum absolute atomic E-state index is 11.4. The second kappa shape index (κ2) is 19.1. The van der Waals surface area contributed by atoms with Crippen LogP contribution in [0.5, 0.6) is 0 Å². The molecule has 0 atom stereocenters. The number of hydrogen-bond acceptors (Lipinski definition) is 13. The first-order valence-electron chi connectivity index (χ1n) is 17.3. The van der Waals surface area contributed by atoms with Crippen molar-refractivity contribution in [2.24, 2.45) is 0 Å². The summed E-state index contributed by atoms with van der Waals surface area (Å²) < 4.78 is 13.6. The van der Waals surface area contributed by atoms with Gasteiger partial charge in [-0.25, -0.2) is 28.8 Å². The fourth-order valence-corrected chi connectivity index (χ4v) is 6.09. The second-order valence-corrected chi connectivity index (χ2v) is 13.6. The van der Waals surface area contributed by atoms with Crippen molar-refractivity contribution in [2.75, 3.05) is 0 Å². The van der Waals surface area contributed by atoms with Gasteiger partial charge in [0.15, 0.2) is 11.6 Å². The molecule has 13 nitrogen and oxygen atoms in total. The van der Waals surface area contributed by atoms with Crippen LogP contribution in [0.15, 0.2) is 97.1 Å². The summed E-state index contributed by atoms with van der Waals surface area (Å²) in [6.07, 6.45) is 1.15. The molecule has 3 aliphatic heterocycles. The highest BCUT2D eigenvalue weighted by Crippen LogP contribution is 2.29. The molecule has 1 aliphatic carbocycles. The SMILES string of the molecule is C.C.CC(C)(C)c1ccc2c(c1)C(=O)OC2=O.CCc1ccc2c(c1)C(=O)OC2=O.O=C1CC(=O)c2ccccc21.O=C1OC(=O)c2cccc3cccc1c23.O=C=O. The van der Waals surface area contributed by atoms with E-state index in [-0.39, 0.29) is 44.4 Å². The van der Waals surface area contributed by atoms with Crippen LogP contribution in [0, 0.1) is 0 Å². The lowest BCUT2D eigenvalue weighted by Crippen LogP contribution is -2.19. The molecule has 0 N–H and O–H groups in total. The van der Waals surface area contributed by atoms with E-state index in [4.69, 9.17) is 9.59 Å². The average molecular weight is 801 g/mol. The van der Waals surface area contributed by atoms with Crippen molar-refractivity contribution in [1.82, 2.24) is 0 Å². The van der Waals surface area contributed by atoms with Crippen molar-refractivity contribution in [2.45, 2.75) is 60.8 Å². The molecule has 4 aliphatic rings. The Bertz CT molecular complexity index is 2480. The van der Waals surface area contributed by atoms with Crippen molar-refractivity contribution >= 4 is 64.3 Å². The summed E-state index contributed by atoms with van der Waals surface area (Å²) >= 11 is 0. The van der Waals surface area contributed by atoms with E-state index >= 15 is 0 Å². The van der Waals surface area contributed by atoms with E-state index in [0.717, 1.165) is 22.9 Å². The largest absolute Gasteiger partial charge is 0.386 e. The molecule has 302 valence electrons. The van der Waals surface area contributed by atoms with Gasteiger partial charge in [-0.3, -0.25) is 9.59 Å². The van der Waals surface area contributed by atoms with E-state index in [0.29, 0.717) is 49.9 Å². The standard InChI is InChI=1S/C12H6O3.C12H12O3.C10H8O3.C9H6O2.CO2.2CH4/c13-11-8-5-1-3-7-4-2-6-9(10(7)8)12(14)15-11;1-12(2,3)7-4-5-8-9(6-7)11(14)15-10(8)13;1-2-6-3-4-7-8(5-6)10(12)13-9(7)11;10-8-5-9(11)7-4-2-1-3-6(7)8;2-1-3;;/h1-6H;4-6H,1-3H3;3-5H,2H2,1H3;1-4H,5H2;;2*1H4. The van der Waals surface area contributed by atoms with Crippen molar-refractivity contribution in [3.05, 3.63) is 153 Å². The van der Waals surface area contributed by atoms with Crippen LogP contribution in [0.1, 0.15) is 143 Å². The summed E-state index contributed by atoms with van der Waals surface area (Å²) in [5.41, 5.74) is 5.62. The number of esters is 6. The highest BCUT2D eigenvalue weighted by Gasteiger charge is 2.32. The predicted octanol–water partition coefficient (Wildman–Crippen LogP) is 8.15. The Morgan fingerprint density at radius 3 is 1.32 bits per heavy atom. The predicted molar refractivity (Wildman–Crippen MR) is 212 cm³/mol. The summed E-state index contributed by atoms with van der Waals surface area (Å²) in [6, 6.07) is 28.0. The smallest absolute Gasteiger partial charge is 0.373 e. The zero-order valence-electron chi connectivity index (χ0n) is 31.0. The third-order valence-corrected chi connectivity index (χ3v) is 9.01. The number of fused-ring (bicyclic) bond motifs is 3. The Kier molecular flexibility index (Phi) is 14.9. The molecule has 9 rings (SSSR count). The van der Waals surface area contributed by atoms with Gasteiger partial charge in [-0.1, -0.05) is 103 Å². The summed E-state index contributed by atoms with van der Waals surface area (Å²) in [5.74, 6) is -3.39. The zero-order chi connectivity index (χ0) is 41.6. The number of ether oxygens (including phenoxy) is 3. The molecule has 0 radical (unpaired) electrons. The molecular formula is C46H40O13. The lowest BCUT2D eigenvalue weighted by atomic mass is 9.85. The van der Waals surface area contributed by atoms with Gasteiger partial charge in [0.2, 0.25) is 0 Å². The van der Waals surface area contributed by atoms with Gasteiger partial charge in [0, 0.05) is 16.5 Å². The highest BCUT2D eigenvalue weighted by molar-refractivity contribution is 6.24. The first kappa shape index (κ1) is 45.9. The number of rotatable bonds is 1. The molecule has 5 aromatic carbocycles. The Morgan fingerprint density at radius 1 is 0.492 bits per heavy atom. The summed E-state index contributed by atoms with van der Waals surface area (Å²) in [6.45, 7) is 8.15. The lowest BCUT2D eigenvalue weighted by Gasteiger charge is -2.18. The minimum absolute atomic E-state index is 0. The van der Waals surface area contributed by atoms with Crippen LogP contribution in [-0.2, 0) is 35.6 Å². The summed E-state index contributed by atoms with van der Waals surface area (Å²) in [7, 11) is 0. The normalized spacial score (nSPS) is 13.6. The fourth-order valence-electron chi connectivity index (χ4n) is 6.09. The number of ketones is 2. The Morgan fingerprint density at radius 2 is 0.881 bits per heavy atom. The van der Waals surface area contributed by atoms with Crippen LogP contribution in [0.2, 0.25) is 0 Å². The number of carbonyl (C=O) groups is 8. The van der Waals surface area contributed by atoms with E-state index in [1.54, 1.807) is 72.8 Å². The molecule has 0 aromatic heterocycles. The van der Waals surface area contributed by atoms with Gasteiger partial charge < -0.3 is 14.2 Å². The molecule has 59 heavy (non-hydrogen) atoms. The zero-order valence-corrected chi connectivity index (χ0v) is 31.0. The van der Waals surface area contributed by atoms with Gasteiger partial charge in [-0.2, -0.15) is 9.59 Å². The molecule has 0 fully saturated rings. The first-order chi connectivity index (χ1) is 27.1. The van der Waals surface area contributed by atoms with Gasteiger partial charge in [-0.05, 0) is 64.7 Å². The number of Topliss-reactive ketones (excluding diaryl/α,β-unsaturated/α-hetero) is 2. The van der Waals surface area contributed by atoms with E-state index < -0.39 is 35.8 Å². The molecule has 0 bridgehead atoms. The van der Waals surface area contributed by atoms with E-state index in [1.807, 2.05) is 31.2 Å². The number of benzene rings is 5. The van der Waals surface area contributed by atoms with Crippen molar-refractivity contribution < 1.29 is 62.2 Å². The van der Waals surface area contributed by atoms with Gasteiger partial charge in [0.05, 0.1) is 39.8 Å². The number of aryl methyl sites for hydroxylation is 1. The minimum Gasteiger partial charge on any atom is -0.386 e. The third-order valence-electron chi connectivity index (χ3n) is 9.01.